The van der Waals surface area contributed by atoms with Crippen LogP contribution in [0.25, 0.3) is 11.4 Å². The molecule has 142 valence electrons. The zero-order valence-corrected chi connectivity index (χ0v) is 15.9. The molecule has 1 aromatic heterocycles. The fraction of sp³-hybridized carbons (Fsp3) is 0.526. The fourth-order valence-corrected chi connectivity index (χ4v) is 2.37. The second kappa shape index (κ2) is 8.80. The van der Waals surface area contributed by atoms with Crippen LogP contribution < -0.4 is 15.8 Å². The van der Waals surface area contributed by atoms with Crippen molar-refractivity contribution < 1.29 is 14.1 Å². The summed E-state index contributed by atoms with van der Waals surface area (Å²) in [4.78, 5) is 16.6. The van der Waals surface area contributed by atoms with Gasteiger partial charge in [0.2, 0.25) is 17.6 Å². The summed E-state index contributed by atoms with van der Waals surface area (Å²) < 4.78 is 10.7. The van der Waals surface area contributed by atoms with Crippen LogP contribution in [-0.2, 0) is 11.2 Å². The smallest absolute Gasteiger partial charge is 0.227 e. The van der Waals surface area contributed by atoms with Gasteiger partial charge in [0.15, 0.2) is 0 Å². The number of carbonyl (C=O) groups excluding carboxylic acids is 1. The maximum absolute atomic E-state index is 12.2. The van der Waals surface area contributed by atoms with Gasteiger partial charge in [-0.05, 0) is 44.0 Å². The molecule has 0 radical (unpaired) electrons. The third-order valence-electron chi connectivity index (χ3n) is 4.58. The highest BCUT2D eigenvalue weighted by Crippen LogP contribution is 2.20. The van der Waals surface area contributed by atoms with Gasteiger partial charge in [0.25, 0.3) is 0 Å². The Bertz CT molecular complexity index is 712. The van der Waals surface area contributed by atoms with Crippen LogP contribution in [0.3, 0.4) is 0 Å². The lowest BCUT2D eigenvalue weighted by Crippen LogP contribution is -2.55. The molecule has 0 saturated heterocycles. The molecule has 0 bridgehead atoms. The molecule has 1 heterocycles. The van der Waals surface area contributed by atoms with Gasteiger partial charge in [0.05, 0.1) is 12.1 Å². The molecule has 0 aliphatic carbocycles. The first-order chi connectivity index (χ1) is 12.4. The molecule has 1 atom stereocenters. The second-order valence-electron chi connectivity index (χ2n) is 6.79. The van der Waals surface area contributed by atoms with Crippen molar-refractivity contribution in [1.29, 1.82) is 0 Å². The molecule has 7 heteroatoms. The molecule has 2 rings (SSSR count). The van der Waals surface area contributed by atoms with Crippen LogP contribution in [0, 0.1) is 5.92 Å². The number of ether oxygens (including phenoxy) is 1. The predicted molar refractivity (Wildman–Crippen MR) is 99.7 cm³/mol. The summed E-state index contributed by atoms with van der Waals surface area (Å²) in [6, 6.07) is 7.48. The van der Waals surface area contributed by atoms with Crippen molar-refractivity contribution in [3.8, 4) is 17.1 Å². The number of carbonyl (C=O) groups is 1. The third kappa shape index (κ3) is 5.05. The quantitative estimate of drug-likeness (QED) is 0.712. The van der Waals surface area contributed by atoms with E-state index in [-0.39, 0.29) is 18.2 Å². The number of nitrogens with zero attached hydrogens (tertiary/aromatic N) is 2. The van der Waals surface area contributed by atoms with E-state index in [9.17, 15) is 4.79 Å². The van der Waals surface area contributed by atoms with Gasteiger partial charge in [0.1, 0.15) is 5.75 Å². The van der Waals surface area contributed by atoms with Crippen LogP contribution in [-0.4, -0.2) is 34.7 Å². The van der Waals surface area contributed by atoms with Crippen molar-refractivity contribution in [3.63, 3.8) is 0 Å². The van der Waals surface area contributed by atoms with Gasteiger partial charge >= 0.3 is 0 Å². The Morgan fingerprint density at radius 2 is 2.04 bits per heavy atom. The molecule has 0 aliphatic rings. The Morgan fingerprint density at radius 1 is 1.35 bits per heavy atom. The van der Waals surface area contributed by atoms with Crippen LogP contribution in [0.2, 0.25) is 0 Å². The minimum Gasteiger partial charge on any atom is -0.494 e. The molecule has 0 spiro atoms. The zero-order valence-electron chi connectivity index (χ0n) is 15.9. The lowest BCUT2D eigenvalue weighted by molar-refractivity contribution is -0.123. The normalized spacial score (nSPS) is 13.5. The van der Waals surface area contributed by atoms with E-state index in [0.29, 0.717) is 31.3 Å². The van der Waals surface area contributed by atoms with Crippen LogP contribution >= 0.6 is 0 Å². The number of benzene rings is 1. The molecule has 0 saturated carbocycles. The average Bonchev–Trinajstić information content (AvgIpc) is 3.09. The van der Waals surface area contributed by atoms with Gasteiger partial charge in [-0.25, -0.2) is 0 Å². The lowest BCUT2D eigenvalue weighted by atomic mass is 9.88. The summed E-state index contributed by atoms with van der Waals surface area (Å²) in [7, 11) is 0. The first kappa shape index (κ1) is 19.9. The van der Waals surface area contributed by atoms with Crippen LogP contribution in [0.15, 0.2) is 28.8 Å². The number of amides is 1. The highest BCUT2D eigenvalue weighted by atomic mass is 16.5. The SMILES string of the molecule is CCOc1ccc(-c2noc(CCC(=O)NC(C)(CN)C(C)C)n2)cc1. The molecular weight excluding hydrogens is 332 g/mol. The predicted octanol–water partition coefficient (Wildman–Crippen LogP) is 2.56. The molecule has 1 unspecified atom stereocenters. The van der Waals surface area contributed by atoms with E-state index in [1.54, 1.807) is 0 Å². The molecule has 1 aromatic carbocycles. The Kier molecular flexibility index (Phi) is 6.74. The van der Waals surface area contributed by atoms with Gasteiger partial charge < -0.3 is 20.3 Å². The highest BCUT2D eigenvalue weighted by Gasteiger charge is 2.28. The first-order valence-corrected chi connectivity index (χ1v) is 8.95. The van der Waals surface area contributed by atoms with Crippen molar-refractivity contribution in [2.45, 2.75) is 46.1 Å². The molecule has 0 fully saturated rings. The summed E-state index contributed by atoms with van der Waals surface area (Å²) in [6.45, 7) is 8.97. The largest absolute Gasteiger partial charge is 0.494 e. The number of aryl methyl sites for hydroxylation is 1. The van der Waals surface area contributed by atoms with E-state index in [1.165, 1.54) is 0 Å². The Balaban J connectivity index is 1.93. The summed E-state index contributed by atoms with van der Waals surface area (Å²) >= 11 is 0. The lowest BCUT2D eigenvalue weighted by Gasteiger charge is -2.33. The topological polar surface area (TPSA) is 103 Å². The minimum atomic E-state index is -0.417. The number of aromatic nitrogens is 2. The molecule has 2 aromatic rings. The van der Waals surface area contributed by atoms with Gasteiger partial charge in [0, 0.05) is 24.9 Å². The van der Waals surface area contributed by atoms with Crippen molar-refractivity contribution >= 4 is 5.91 Å². The van der Waals surface area contributed by atoms with Crippen molar-refractivity contribution in [2.24, 2.45) is 11.7 Å². The number of nitrogens with two attached hydrogens (primary N) is 1. The second-order valence-corrected chi connectivity index (χ2v) is 6.79. The molecule has 7 nitrogen and oxygen atoms in total. The molecule has 0 aliphatic heterocycles. The summed E-state index contributed by atoms with van der Waals surface area (Å²) in [5, 5.41) is 6.98. The third-order valence-corrected chi connectivity index (χ3v) is 4.58. The van der Waals surface area contributed by atoms with Crippen LogP contribution in [0.5, 0.6) is 5.75 Å². The number of hydrogen-bond acceptors (Lipinski definition) is 6. The van der Waals surface area contributed by atoms with E-state index in [1.807, 2.05) is 52.0 Å². The minimum absolute atomic E-state index is 0.0764. The van der Waals surface area contributed by atoms with E-state index in [2.05, 4.69) is 15.5 Å². The summed E-state index contributed by atoms with van der Waals surface area (Å²) in [6.07, 6.45) is 0.655. The van der Waals surface area contributed by atoms with Gasteiger partial charge in [-0.1, -0.05) is 19.0 Å². The van der Waals surface area contributed by atoms with E-state index in [0.717, 1.165) is 11.3 Å². The number of nitrogens with one attached hydrogen (secondary N) is 1. The van der Waals surface area contributed by atoms with Crippen molar-refractivity contribution in [1.82, 2.24) is 15.5 Å². The van der Waals surface area contributed by atoms with Crippen molar-refractivity contribution in [3.05, 3.63) is 30.2 Å². The van der Waals surface area contributed by atoms with E-state index < -0.39 is 5.54 Å². The maximum atomic E-state index is 12.2. The molecule has 1 amide bonds. The Hall–Kier alpha value is -2.41. The van der Waals surface area contributed by atoms with Gasteiger partial charge in [-0.15, -0.1) is 0 Å². The zero-order chi connectivity index (χ0) is 19.2. The van der Waals surface area contributed by atoms with E-state index >= 15 is 0 Å². The van der Waals surface area contributed by atoms with E-state index in [4.69, 9.17) is 15.0 Å². The fourth-order valence-electron chi connectivity index (χ4n) is 2.37. The Morgan fingerprint density at radius 3 is 2.62 bits per heavy atom. The number of hydrogen-bond donors (Lipinski definition) is 2. The monoisotopic (exact) mass is 360 g/mol. The average molecular weight is 360 g/mol. The van der Waals surface area contributed by atoms with Gasteiger partial charge in [-0.3, -0.25) is 4.79 Å². The Labute approximate surface area is 154 Å². The summed E-state index contributed by atoms with van der Waals surface area (Å²) in [5.41, 5.74) is 6.22. The van der Waals surface area contributed by atoms with Crippen molar-refractivity contribution in [2.75, 3.05) is 13.2 Å². The maximum Gasteiger partial charge on any atom is 0.227 e. The summed E-state index contributed by atoms with van der Waals surface area (Å²) in [5.74, 6) is 1.89. The molecular formula is C19H28N4O3. The van der Waals surface area contributed by atoms with Crippen LogP contribution in [0.1, 0.15) is 40.0 Å². The molecule has 3 N–H and O–H groups in total. The molecule has 26 heavy (non-hydrogen) atoms. The standard InChI is InChI=1S/C19H28N4O3/c1-5-25-15-8-6-14(7-9-15)18-21-17(26-23-18)11-10-16(24)22-19(4,12-20)13(2)3/h6-9,13H,5,10-12,20H2,1-4H3,(H,22,24). The van der Waals surface area contributed by atoms with Crippen LogP contribution in [0.4, 0.5) is 0 Å². The van der Waals surface area contributed by atoms with Gasteiger partial charge in [-0.2, -0.15) is 4.98 Å². The number of rotatable bonds is 9. The first-order valence-electron chi connectivity index (χ1n) is 8.95. The highest BCUT2D eigenvalue weighted by molar-refractivity contribution is 5.77.